The van der Waals surface area contributed by atoms with Crippen LogP contribution < -0.4 is 4.74 Å². The van der Waals surface area contributed by atoms with Gasteiger partial charge in [0.2, 0.25) is 0 Å². The molecule has 0 atom stereocenters. The molecule has 2 aromatic carbocycles. The molecule has 5 heteroatoms. The van der Waals surface area contributed by atoms with E-state index in [1.165, 1.54) is 0 Å². The number of imidazole rings is 1. The molecule has 0 fully saturated rings. The minimum absolute atomic E-state index is 0.819. The first-order valence-corrected chi connectivity index (χ1v) is 8.01. The van der Waals surface area contributed by atoms with Crippen molar-refractivity contribution in [3.63, 3.8) is 0 Å². The van der Waals surface area contributed by atoms with Crippen LogP contribution in [-0.2, 0) is 0 Å². The predicted octanol–water partition coefficient (Wildman–Crippen LogP) is 4.33. The van der Waals surface area contributed by atoms with Gasteiger partial charge >= 0.3 is 0 Å². The van der Waals surface area contributed by atoms with E-state index in [0.717, 1.165) is 50.0 Å². The highest BCUT2D eigenvalue weighted by Crippen LogP contribution is 2.33. The molecule has 0 aliphatic rings. The quantitative estimate of drug-likeness (QED) is 0.490. The molecular weight excluding hydrogens is 312 g/mol. The summed E-state index contributed by atoms with van der Waals surface area (Å²) in [4.78, 5) is 17.4. The zero-order valence-corrected chi connectivity index (χ0v) is 13.5. The number of rotatable bonds is 2. The highest BCUT2D eigenvalue weighted by molar-refractivity contribution is 6.20. The molecule has 25 heavy (non-hydrogen) atoms. The van der Waals surface area contributed by atoms with E-state index in [-0.39, 0.29) is 0 Å². The van der Waals surface area contributed by atoms with Crippen molar-refractivity contribution < 1.29 is 4.74 Å². The summed E-state index contributed by atoms with van der Waals surface area (Å²) in [5.41, 5.74) is 4.66. The standard InChI is InChI=1S/C20H14N4O/c1-25-13-8-6-12(7-9-13)20-23-18-14-4-2-10-21-16(14)17-15(19(18)24-20)5-3-11-22-17/h2-11H,1H3,(H,23,24). The number of nitrogens with one attached hydrogen (secondary N) is 1. The lowest BCUT2D eigenvalue weighted by Gasteiger charge is -2.03. The van der Waals surface area contributed by atoms with Crippen LogP contribution in [0.15, 0.2) is 60.9 Å². The zero-order chi connectivity index (χ0) is 16.8. The van der Waals surface area contributed by atoms with Crippen molar-refractivity contribution >= 4 is 32.8 Å². The first kappa shape index (κ1) is 13.9. The largest absolute Gasteiger partial charge is 0.497 e. The molecule has 0 aliphatic heterocycles. The van der Waals surface area contributed by atoms with Gasteiger partial charge in [-0.05, 0) is 48.5 Å². The molecule has 0 saturated heterocycles. The molecule has 3 heterocycles. The molecule has 0 aliphatic carbocycles. The molecule has 0 unspecified atom stereocenters. The number of benzene rings is 2. The SMILES string of the molecule is COc1ccc(-c2nc3c4cccnc4c4ncccc4c3[nH]2)cc1. The third kappa shape index (κ3) is 2.06. The number of pyridine rings is 2. The molecule has 3 aromatic heterocycles. The zero-order valence-electron chi connectivity index (χ0n) is 13.5. The molecule has 5 nitrogen and oxygen atoms in total. The lowest BCUT2D eigenvalue weighted by atomic mass is 10.1. The fraction of sp³-hybridized carbons (Fsp3) is 0.0500. The summed E-state index contributed by atoms with van der Waals surface area (Å²) in [6, 6.07) is 15.8. The summed E-state index contributed by atoms with van der Waals surface area (Å²) in [5.74, 6) is 1.64. The maximum atomic E-state index is 5.23. The van der Waals surface area contributed by atoms with Crippen LogP contribution in [0, 0.1) is 0 Å². The van der Waals surface area contributed by atoms with Gasteiger partial charge in [0.15, 0.2) is 0 Å². The third-order valence-corrected chi connectivity index (χ3v) is 4.43. The predicted molar refractivity (Wildman–Crippen MR) is 98.7 cm³/mol. The Bertz CT molecular complexity index is 1150. The van der Waals surface area contributed by atoms with Crippen molar-refractivity contribution in [1.82, 2.24) is 19.9 Å². The Morgan fingerprint density at radius 2 is 1.48 bits per heavy atom. The molecule has 1 N–H and O–H groups in total. The van der Waals surface area contributed by atoms with Gasteiger partial charge in [-0.25, -0.2) is 4.98 Å². The Labute approximate surface area is 143 Å². The number of methoxy groups -OCH3 is 1. The molecular formula is C20H14N4O. The number of fused-ring (bicyclic) bond motifs is 6. The Kier molecular flexibility index (Phi) is 2.94. The molecule has 0 amide bonds. The molecule has 0 bridgehead atoms. The van der Waals surface area contributed by atoms with Crippen LogP contribution in [0.5, 0.6) is 5.75 Å². The van der Waals surface area contributed by atoms with Gasteiger partial charge in [0.1, 0.15) is 11.6 Å². The van der Waals surface area contributed by atoms with Gasteiger partial charge in [-0.3, -0.25) is 9.97 Å². The van der Waals surface area contributed by atoms with E-state index in [1.807, 2.05) is 42.5 Å². The molecule has 0 radical (unpaired) electrons. The smallest absolute Gasteiger partial charge is 0.138 e. The average molecular weight is 326 g/mol. The molecule has 5 rings (SSSR count). The van der Waals surface area contributed by atoms with Crippen molar-refractivity contribution in [2.24, 2.45) is 0 Å². The van der Waals surface area contributed by atoms with Crippen molar-refractivity contribution in [1.29, 1.82) is 0 Å². The maximum Gasteiger partial charge on any atom is 0.138 e. The number of aromatic amines is 1. The number of H-pyrrole nitrogens is 1. The van der Waals surface area contributed by atoms with Gasteiger partial charge < -0.3 is 9.72 Å². The van der Waals surface area contributed by atoms with E-state index in [9.17, 15) is 0 Å². The summed E-state index contributed by atoms with van der Waals surface area (Å²) >= 11 is 0. The second kappa shape index (κ2) is 5.27. The summed E-state index contributed by atoms with van der Waals surface area (Å²) in [5, 5.41) is 2.02. The van der Waals surface area contributed by atoms with Crippen molar-refractivity contribution in [2.45, 2.75) is 0 Å². The van der Waals surface area contributed by atoms with Crippen molar-refractivity contribution in [3.05, 3.63) is 60.9 Å². The third-order valence-electron chi connectivity index (χ3n) is 4.43. The van der Waals surface area contributed by atoms with Gasteiger partial charge in [-0.15, -0.1) is 0 Å². The maximum absolute atomic E-state index is 5.23. The second-order valence-electron chi connectivity index (χ2n) is 5.84. The second-order valence-corrected chi connectivity index (χ2v) is 5.84. The van der Waals surface area contributed by atoms with Crippen LogP contribution in [0.2, 0.25) is 0 Å². The Hall–Kier alpha value is -3.47. The number of ether oxygens (including phenoxy) is 1. The van der Waals surface area contributed by atoms with Crippen molar-refractivity contribution in [2.75, 3.05) is 7.11 Å². The normalized spacial score (nSPS) is 11.4. The first-order chi connectivity index (χ1) is 12.3. The molecule has 0 saturated carbocycles. The van der Waals surface area contributed by atoms with E-state index < -0.39 is 0 Å². The number of hydrogen-bond donors (Lipinski definition) is 1. The number of nitrogens with zero attached hydrogens (tertiary/aromatic N) is 3. The van der Waals surface area contributed by atoms with Crippen LogP contribution in [0.3, 0.4) is 0 Å². The summed E-state index contributed by atoms with van der Waals surface area (Å²) < 4.78 is 5.23. The highest BCUT2D eigenvalue weighted by atomic mass is 16.5. The van der Waals surface area contributed by atoms with Crippen LogP contribution in [0.4, 0.5) is 0 Å². The fourth-order valence-corrected chi connectivity index (χ4v) is 3.23. The Morgan fingerprint density at radius 1 is 0.800 bits per heavy atom. The lowest BCUT2D eigenvalue weighted by Crippen LogP contribution is -1.86. The average Bonchev–Trinajstić information content (AvgIpc) is 3.14. The van der Waals surface area contributed by atoms with Crippen LogP contribution >= 0.6 is 0 Å². The minimum atomic E-state index is 0.819. The van der Waals surface area contributed by atoms with Gasteiger partial charge in [-0.2, -0.15) is 0 Å². The number of aromatic nitrogens is 4. The summed E-state index contributed by atoms with van der Waals surface area (Å²) in [7, 11) is 1.66. The van der Waals surface area contributed by atoms with Gasteiger partial charge in [0.25, 0.3) is 0 Å². The van der Waals surface area contributed by atoms with Gasteiger partial charge in [-0.1, -0.05) is 0 Å². The van der Waals surface area contributed by atoms with E-state index >= 15 is 0 Å². The highest BCUT2D eigenvalue weighted by Gasteiger charge is 2.14. The molecule has 120 valence electrons. The Morgan fingerprint density at radius 3 is 2.20 bits per heavy atom. The monoisotopic (exact) mass is 326 g/mol. The van der Waals surface area contributed by atoms with E-state index in [1.54, 1.807) is 19.5 Å². The topological polar surface area (TPSA) is 63.7 Å². The number of hydrogen-bond acceptors (Lipinski definition) is 4. The van der Waals surface area contributed by atoms with Crippen molar-refractivity contribution in [3.8, 4) is 17.1 Å². The van der Waals surface area contributed by atoms with Crippen LogP contribution in [-0.4, -0.2) is 27.0 Å². The first-order valence-electron chi connectivity index (χ1n) is 8.01. The summed E-state index contributed by atoms with van der Waals surface area (Å²) in [6.45, 7) is 0. The minimum Gasteiger partial charge on any atom is -0.497 e. The Balaban J connectivity index is 1.86. The van der Waals surface area contributed by atoms with E-state index in [0.29, 0.717) is 0 Å². The fourth-order valence-electron chi connectivity index (χ4n) is 3.23. The molecule has 0 spiro atoms. The van der Waals surface area contributed by atoms with E-state index in [4.69, 9.17) is 9.72 Å². The van der Waals surface area contributed by atoms with Crippen LogP contribution in [0.1, 0.15) is 0 Å². The van der Waals surface area contributed by atoms with Gasteiger partial charge in [0, 0.05) is 28.7 Å². The van der Waals surface area contributed by atoms with Gasteiger partial charge in [0.05, 0.1) is 29.2 Å². The lowest BCUT2D eigenvalue weighted by molar-refractivity contribution is 0.415. The summed E-state index contributed by atoms with van der Waals surface area (Å²) in [6.07, 6.45) is 3.59. The van der Waals surface area contributed by atoms with E-state index in [2.05, 4.69) is 21.0 Å². The van der Waals surface area contributed by atoms with Crippen LogP contribution in [0.25, 0.3) is 44.2 Å². The molecule has 5 aromatic rings.